The lowest BCUT2D eigenvalue weighted by Crippen LogP contribution is -2.53. The molecule has 0 aliphatic carbocycles. The monoisotopic (exact) mass is 407 g/mol. The molecule has 4 nitrogen and oxygen atoms in total. The van der Waals surface area contributed by atoms with E-state index in [-0.39, 0.29) is 17.9 Å². The summed E-state index contributed by atoms with van der Waals surface area (Å²) >= 11 is 0. The molecule has 1 amide bonds. The van der Waals surface area contributed by atoms with Crippen LogP contribution in [0.25, 0.3) is 0 Å². The molecule has 0 bridgehead atoms. The molecule has 1 saturated heterocycles. The van der Waals surface area contributed by atoms with Crippen LogP contribution in [0.3, 0.4) is 0 Å². The Morgan fingerprint density at radius 2 is 2.00 bits per heavy atom. The van der Waals surface area contributed by atoms with Gasteiger partial charge in [0.1, 0.15) is 5.82 Å². The second-order valence-electron chi connectivity index (χ2n) is 8.16. The van der Waals surface area contributed by atoms with Crippen LogP contribution in [-0.2, 0) is 6.42 Å². The average Bonchev–Trinajstić information content (AvgIpc) is 2.75. The van der Waals surface area contributed by atoms with Crippen molar-refractivity contribution in [3.8, 4) is 6.07 Å². The first-order valence-corrected chi connectivity index (χ1v) is 10.9. The number of nitrogens with one attached hydrogen (secondary N) is 1. The van der Waals surface area contributed by atoms with Crippen molar-refractivity contribution in [3.05, 3.63) is 71.0 Å². The Kier molecular flexibility index (Phi) is 7.98. The number of benzene rings is 2. The van der Waals surface area contributed by atoms with Crippen molar-refractivity contribution in [2.24, 2.45) is 5.92 Å². The highest BCUT2D eigenvalue weighted by Gasteiger charge is 2.29. The fourth-order valence-electron chi connectivity index (χ4n) is 4.20. The number of piperidine rings is 1. The molecule has 1 aliphatic rings. The van der Waals surface area contributed by atoms with E-state index in [0.717, 1.165) is 50.8 Å². The first-order chi connectivity index (χ1) is 14.6. The predicted octanol–water partition coefficient (Wildman–Crippen LogP) is 4.90. The third-order valence-corrected chi connectivity index (χ3v) is 5.82. The summed E-state index contributed by atoms with van der Waals surface area (Å²) in [6.07, 6.45) is 6.18. The Morgan fingerprint density at radius 3 is 2.70 bits per heavy atom. The van der Waals surface area contributed by atoms with E-state index in [0.29, 0.717) is 17.0 Å². The summed E-state index contributed by atoms with van der Waals surface area (Å²) in [4.78, 5) is 15.1. The van der Waals surface area contributed by atoms with Crippen molar-refractivity contribution in [3.63, 3.8) is 0 Å². The lowest BCUT2D eigenvalue weighted by molar-refractivity contribution is 0.0649. The van der Waals surface area contributed by atoms with Crippen LogP contribution < -0.4 is 5.32 Å². The number of likely N-dealkylation sites (tertiary alicyclic amines) is 1. The lowest BCUT2D eigenvalue weighted by atomic mass is 9.89. The molecular weight excluding hydrogens is 377 g/mol. The Hall–Kier alpha value is -2.71. The number of nitriles is 1. The van der Waals surface area contributed by atoms with E-state index in [4.69, 9.17) is 5.26 Å². The van der Waals surface area contributed by atoms with Gasteiger partial charge in [0, 0.05) is 18.7 Å². The van der Waals surface area contributed by atoms with Gasteiger partial charge in [-0.25, -0.2) is 4.39 Å². The summed E-state index contributed by atoms with van der Waals surface area (Å²) in [6, 6.07) is 15.7. The van der Waals surface area contributed by atoms with Gasteiger partial charge in [-0.15, -0.1) is 0 Å². The standard InChI is InChI=1S/C25H30FN3O/c1-2-3-4-14-29-18-21(15-20-6-5-7-23(26)16-20)10-13-24(29)28-25(30)22-11-8-19(17-27)9-12-22/h5-9,11-12,16,21,24H,2-4,10,13-15,18H2,1H3,(H,28,30). The van der Waals surface area contributed by atoms with E-state index < -0.39 is 0 Å². The van der Waals surface area contributed by atoms with Crippen LogP contribution in [0.2, 0.25) is 0 Å². The summed E-state index contributed by atoms with van der Waals surface area (Å²) in [5, 5.41) is 12.1. The molecule has 158 valence electrons. The molecule has 0 spiro atoms. The summed E-state index contributed by atoms with van der Waals surface area (Å²) < 4.78 is 13.5. The van der Waals surface area contributed by atoms with Crippen LogP contribution in [0.5, 0.6) is 0 Å². The minimum absolute atomic E-state index is 0.00811. The zero-order valence-corrected chi connectivity index (χ0v) is 17.6. The summed E-state index contributed by atoms with van der Waals surface area (Å²) in [5.41, 5.74) is 2.16. The molecule has 1 fully saturated rings. The van der Waals surface area contributed by atoms with E-state index in [1.165, 1.54) is 12.5 Å². The molecule has 30 heavy (non-hydrogen) atoms. The maximum Gasteiger partial charge on any atom is 0.252 e. The fourth-order valence-corrected chi connectivity index (χ4v) is 4.20. The smallest absolute Gasteiger partial charge is 0.252 e. The topological polar surface area (TPSA) is 56.1 Å². The maximum absolute atomic E-state index is 13.5. The van der Waals surface area contributed by atoms with Gasteiger partial charge in [-0.1, -0.05) is 31.9 Å². The molecule has 1 aliphatic heterocycles. The number of unbranched alkanes of at least 4 members (excludes halogenated alkanes) is 2. The van der Waals surface area contributed by atoms with E-state index >= 15 is 0 Å². The summed E-state index contributed by atoms with van der Waals surface area (Å²) in [5.74, 6) is 0.167. The van der Waals surface area contributed by atoms with E-state index in [1.54, 1.807) is 36.4 Å². The Labute approximate surface area is 178 Å². The van der Waals surface area contributed by atoms with Gasteiger partial charge in [0.05, 0.1) is 17.8 Å². The molecule has 1 N–H and O–H groups in total. The number of hydrogen-bond acceptors (Lipinski definition) is 3. The van der Waals surface area contributed by atoms with E-state index in [1.807, 2.05) is 6.07 Å². The number of carbonyl (C=O) groups is 1. The van der Waals surface area contributed by atoms with Crippen molar-refractivity contribution < 1.29 is 9.18 Å². The molecular formula is C25H30FN3O. The average molecular weight is 408 g/mol. The molecule has 3 rings (SSSR count). The lowest BCUT2D eigenvalue weighted by Gasteiger charge is -2.40. The predicted molar refractivity (Wildman–Crippen MR) is 116 cm³/mol. The number of hydrogen-bond donors (Lipinski definition) is 1. The largest absolute Gasteiger partial charge is 0.336 e. The molecule has 2 aromatic carbocycles. The van der Waals surface area contributed by atoms with Crippen LogP contribution >= 0.6 is 0 Å². The minimum atomic E-state index is -0.185. The molecule has 2 unspecified atom stereocenters. The van der Waals surface area contributed by atoms with Crippen molar-refractivity contribution in [2.45, 2.75) is 51.6 Å². The zero-order chi connectivity index (χ0) is 21.3. The normalized spacial score (nSPS) is 19.2. The van der Waals surface area contributed by atoms with Crippen LogP contribution in [-0.4, -0.2) is 30.1 Å². The van der Waals surface area contributed by atoms with Gasteiger partial charge in [-0.2, -0.15) is 5.26 Å². The number of halogens is 1. The zero-order valence-electron chi connectivity index (χ0n) is 17.6. The van der Waals surface area contributed by atoms with Crippen LogP contribution in [0.4, 0.5) is 4.39 Å². The number of carbonyl (C=O) groups excluding carboxylic acids is 1. The fraction of sp³-hybridized carbons (Fsp3) is 0.440. The van der Waals surface area contributed by atoms with Crippen molar-refractivity contribution in [2.75, 3.05) is 13.1 Å². The summed E-state index contributed by atoms with van der Waals surface area (Å²) in [7, 11) is 0. The molecule has 2 atom stereocenters. The van der Waals surface area contributed by atoms with Gasteiger partial charge in [0.2, 0.25) is 0 Å². The number of amides is 1. The van der Waals surface area contributed by atoms with Crippen LogP contribution in [0.15, 0.2) is 48.5 Å². The van der Waals surface area contributed by atoms with Crippen LogP contribution in [0, 0.1) is 23.1 Å². The Morgan fingerprint density at radius 1 is 1.20 bits per heavy atom. The highest BCUT2D eigenvalue weighted by atomic mass is 19.1. The second kappa shape index (κ2) is 10.9. The number of nitrogens with zero attached hydrogens (tertiary/aromatic N) is 2. The summed E-state index contributed by atoms with van der Waals surface area (Å²) in [6.45, 7) is 4.04. The number of rotatable bonds is 8. The second-order valence-corrected chi connectivity index (χ2v) is 8.16. The Balaban J connectivity index is 1.63. The highest BCUT2D eigenvalue weighted by molar-refractivity contribution is 5.94. The molecule has 1 heterocycles. The highest BCUT2D eigenvalue weighted by Crippen LogP contribution is 2.25. The van der Waals surface area contributed by atoms with Gasteiger partial charge >= 0.3 is 0 Å². The molecule has 2 aromatic rings. The van der Waals surface area contributed by atoms with E-state index in [9.17, 15) is 9.18 Å². The van der Waals surface area contributed by atoms with Gasteiger partial charge in [0.15, 0.2) is 0 Å². The molecule has 5 heteroatoms. The van der Waals surface area contributed by atoms with Gasteiger partial charge in [-0.3, -0.25) is 9.69 Å². The SMILES string of the molecule is CCCCCN1CC(Cc2cccc(F)c2)CCC1NC(=O)c1ccc(C#N)cc1. The van der Waals surface area contributed by atoms with Crippen molar-refractivity contribution >= 4 is 5.91 Å². The third-order valence-electron chi connectivity index (χ3n) is 5.82. The molecule has 0 radical (unpaired) electrons. The quantitative estimate of drug-likeness (QED) is 0.634. The van der Waals surface area contributed by atoms with Gasteiger partial charge in [0.25, 0.3) is 5.91 Å². The maximum atomic E-state index is 13.5. The van der Waals surface area contributed by atoms with Crippen LogP contribution in [0.1, 0.15) is 60.5 Å². The van der Waals surface area contributed by atoms with Crippen molar-refractivity contribution in [1.29, 1.82) is 5.26 Å². The first kappa shape index (κ1) is 22.0. The van der Waals surface area contributed by atoms with Gasteiger partial charge in [-0.05, 0) is 73.6 Å². The minimum Gasteiger partial charge on any atom is -0.336 e. The van der Waals surface area contributed by atoms with E-state index in [2.05, 4.69) is 23.2 Å². The first-order valence-electron chi connectivity index (χ1n) is 10.9. The van der Waals surface area contributed by atoms with Crippen molar-refractivity contribution in [1.82, 2.24) is 10.2 Å². The molecule has 0 aromatic heterocycles. The Bertz CT molecular complexity index is 875. The van der Waals surface area contributed by atoms with Gasteiger partial charge < -0.3 is 5.32 Å². The third kappa shape index (κ3) is 6.14. The molecule has 0 saturated carbocycles.